The van der Waals surface area contributed by atoms with Crippen molar-refractivity contribution in [2.45, 2.75) is 0 Å². The minimum Gasteiger partial charge on any atom is -0.309 e. The number of hydrogen-bond donors (Lipinski definition) is 0. The Morgan fingerprint density at radius 2 is 0.948 bits per heavy atom. The number of fused-ring (bicyclic) bond motifs is 9. The van der Waals surface area contributed by atoms with Gasteiger partial charge in [-0.2, -0.15) is 0 Å². The maximum absolute atomic E-state index is 4.60. The lowest BCUT2D eigenvalue weighted by Gasteiger charge is -2.27. The molecule has 0 unspecified atom stereocenters. The number of para-hydroxylation sites is 3. The van der Waals surface area contributed by atoms with Crippen LogP contribution in [0.2, 0.25) is 0 Å². The number of rotatable bonds is 6. The van der Waals surface area contributed by atoms with E-state index in [1.54, 1.807) is 0 Å². The number of thiophene rings is 1. The van der Waals surface area contributed by atoms with Gasteiger partial charge in [-0.05, 0) is 97.1 Å². The average Bonchev–Trinajstić information content (AvgIpc) is 3.95. The highest BCUT2D eigenvalue weighted by Gasteiger charge is 2.25. The summed E-state index contributed by atoms with van der Waals surface area (Å²) in [5, 5.41) is 7.42. The third-order valence-corrected chi connectivity index (χ3v) is 12.7. The van der Waals surface area contributed by atoms with Crippen LogP contribution in [0.3, 0.4) is 0 Å². The van der Waals surface area contributed by atoms with Crippen molar-refractivity contribution >= 4 is 92.2 Å². The van der Waals surface area contributed by atoms with Gasteiger partial charge in [-0.3, -0.25) is 4.98 Å². The molecule has 0 bridgehead atoms. The number of hydrogen-bond acceptors (Lipinski definition) is 3. The minimum atomic E-state index is 0.966. The molecule has 8 aromatic carbocycles. The Balaban J connectivity index is 1.11. The number of anilines is 3. The Morgan fingerprint density at radius 1 is 0.397 bits per heavy atom. The van der Waals surface area contributed by atoms with Crippen LogP contribution >= 0.6 is 11.3 Å². The predicted molar refractivity (Wildman–Crippen MR) is 246 cm³/mol. The van der Waals surface area contributed by atoms with E-state index in [9.17, 15) is 0 Å². The second kappa shape index (κ2) is 13.1. The Labute approximate surface area is 338 Å². The summed E-state index contributed by atoms with van der Waals surface area (Å²) in [7, 11) is 0. The van der Waals surface area contributed by atoms with Gasteiger partial charge in [0.2, 0.25) is 0 Å². The maximum Gasteiger partial charge on any atom is 0.0701 e. The molecule has 5 heteroatoms. The summed E-state index contributed by atoms with van der Waals surface area (Å²) < 4.78 is 7.47. The van der Waals surface area contributed by atoms with Gasteiger partial charge in [0.1, 0.15) is 0 Å². The van der Waals surface area contributed by atoms with E-state index in [4.69, 9.17) is 0 Å². The molecule has 0 atom stereocenters. The SMILES string of the molecule is c1ccc(N(c2cccc3c2c2ccccc2n3-c2ccc(-c3ccccn3)cc2)c2cccc3c2c2ccccc2n3-c2ccc3sc4ccccc4c3c2)cc1. The quantitative estimate of drug-likeness (QED) is 0.169. The van der Waals surface area contributed by atoms with E-state index < -0.39 is 0 Å². The summed E-state index contributed by atoms with van der Waals surface area (Å²) in [6.45, 7) is 0. The third kappa shape index (κ3) is 4.97. The molecule has 0 aliphatic rings. The van der Waals surface area contributed by atoms with E-state index in [1.807, 2.05) is 29.7 Å². The summed E-state index contributed by atoms with van der Waals surface area (Å²) >= 11 is 1.86. The number of nitrogens with zero attached hydrogens (tertiary/aromatic N) is 4. The Hall–Kier alpha value is -7.47. The third-order valence-electron chi connectivity index (χ3n) is 11.6. The molecule has 0 N–H and O–H groups in total. The molecule has 4 heterocycles. The Bertz CT molecular complexity index is 3510. The van der Waals surface area contributed by atoms with E-state index in [0.29, 0.717) is 0 Å². The minimum absolute atomic E-state index is 0.966. The van der Waals surface area contributed by atoms with Crippen LogP contribution in [-0.2, 0) is 0 Å². The van der Waals surface area contributed by atoms with E-state index in [2.05, 4.69) is 207 Å². The lowest BCUT2D eigenvalue weighted by Crippen LogP contribution is -2.11. The first-order valence-corrected chi connectivity index (χ1v) is 20.4. The second-order valence-electron chi connectivity index (χ2n) is 14.8. The number of pyridine rings is 1. The predicted octanol–water partition coefficient (Wildman–Crippen LogP) is 14.8. The molecule has 0 aliphatic heterocycles. The van der Waals surface area contributed by atoms with Crippen LogP contribution in [0.1, 0.15) is 0 Å². The largest absolute Gasteiger partial charge is 0.309 e. The smallest absolute Gasteiger partial charge is 0.0701 e. The maximum atomic E-state index is 4.60. The molecule has 0 saturated heterocycles. The lowest BCUT2D eigenvalue weighted by molar-refractivity contribution is 1.18. The number of benzene rings is 8. The normalized spacial score (nSPS) is 11.8. The van der Waals surface area contributed by atoms with E-state index in [1.165, 1.54) is 52.8 Å². The molecule has 0 radical (unpaired) electrons. The van der Waals surface area contributed by atoms with Gasteiger partial charge in [0.15, 0.2) is 0 Å². The second-order valence-corrected chi connectivity index (χ2v) is 15.8. The molecule has 58 heavy (non-hydrogen) atoms. The molecule has 4 aromatic heterocycles. The first-order valence-electron chi connectivity index (χ1n) is 19.6. The highest BCUT2D eigenvalue weighted by atomic mass is 32.1. The van der Waals surface area contributed by atoms with Crippen molar-refractivity contribution in [3.63, 3.8) is 0 Å². The summed E-state index contributed by atoms with van der Waals surface area (Å²) in [6, 6.07) is 72.5. The summed E-state index contributed by atoms with van der Waals surface area (Å²) in [5.41, 5.74) is 12.3. The van der Waals surface area contributed by atoms with Crippen molar-refractivity contribution in [1.29, 1.82) is 0 Å². The van der Waals surface area contributed by atoms with Gasteiger partial charge >= 0.3 is 0 Å². The van der Waals surface area contributed by atoms with Crippen LogP contribution < -0.4 is 4.90 Å². The zero-order valence-corrected chi connectivity index (χ0v) is 32.1. The fraction of sp³-hybridized carbons (Fsp3) is 0. The Kier molecular flexibility index (Phi) is 7.37. The number of aromatic nitrogens is 3. The summed E-state index contributed by atoms with van der Waals surface area (Å²) in [4.78, 5) is 7.07. The van der Waals surface area contributed by atoms with E-state index in [-0.39, 0.29) is 0 Å². The van der Waals surface area contributed by atoms with Crippen LogP contribution in [0, 0.1) is 0 Å². The first kappa shape index (κ1) is 32.7. The van der Waals surface area contributed by atoms with Crippen molar-refractivity contribution in [2.24, 2.45) is 0 Å². The summed E-state index contributed by atoms with van der Waals surface area (Å²) in [6.07, 6.45) is 1.85. The van der Waals surface area contributed by atoms with Gasteiger partial charge in [0.05, 0.1) is 39.1 Å². The van der Waals surface area contributed by atoms with Crippen molar-refractivity contribution < 1.29 is 0 Å². The molecular formula is C53H34N4S. The molecule has 12 aromatic rings. The first-order chi connectivity index (χ1) is 28.8. The standard InChI is InChI=1S/C53H34N4S/c1-2-14-36(15-3-1)56(47-23-12-22-46-52(47)40-17-4-7-20-44(40)55(46)37-29-27-35(28-30-37)43-19-10-11-33-54-43)48-24-13-25-49-53(48)41-18-5-8-21-45(41)57(49)38-31-32-51-42(34-38)39-16-6-9-26-50(39)58-51/h1-34H. The lowest BCUT2D eigenvalue weighted by atomic mass is 10.1. The van der Waals surface area contributed by atoms with Crippen LogP contribution in [0.4, 0.5) is 17.1 Å². The zero-order chi connectivity index (χ0) is 38.2. The van der Waals surface area contributed by atoms with Crippen molar-refractivity contribution in [1.82, 2.24) is 14.1 Å². The van der Waals surface area contributed by atoms with Gasteiger partial charge < -0.3 is 14.0 Å². The molecule has 4 nitrogen and oxygen atoms in total. The van der Waals surface area contributed by atoms with Crippen molar-refractivity contribution in [3.8, 4) is 22.6 Å². The van der Waals surface area contributed by atoms with Crippen LogP contribution in [0.5, 0.6) is 0 Å². The van der Waals surface area contributed by atoms with Gasteiger partial charge in [-0.1, -0.05) is 103 Å². The highest BCUT2D eigenvalue weighted by molar-refractivity contribution is 7.25. The highest BCUT2D eigenvalue weighted by Crippen LogP contribution is 2.48. The molecule has 0 aliphatic carbocycles. The fourth-order valence-corrected chi connectivity index (χ4v) is 10.2. The van der Waals surface area contributed by atoms with E-state index in [0.717, 1.165) is 50.7 Å². The average molecular weight is 759 g/mol. The molecule has 12 rings (SSSR count). The van der Waals surface area contributed by atoms with Crippen molar-refractivity contribution in [2.75, 3.05) is 4.90 Å². The van der Waals surface area contributed by atoms with Crippen LogP contribution in [-0.4, -0.2) is 14.1 Å². The topological polar surface area (TPSA) is 26.0 Å². The van der Waals surface area contributed by atoms with Crippen molar-refractivity contribution in [3.05, 3.63) is 206 Å². The fourth-order valence-electron chi connectivity index (χ4n) is 9.08. The van der Waals surface area contributed by atoms with E-state index >= 15 is 0 Å². The van der Waals surface area contributed by atoms with Gasteiger partial charge in [-0.15, -0.1) is 11.3 Å². The molecule has 0 amide bonds. The van der Waals surface area contributed by atoms with Crippen LogP contribution in [0.25, 0.3) is 86.4 Å². The zero-order valence-electron chi connectivity index (χ0n) is 31.3. The molecule has 0 saturated carbocycles. The molecule has 0 fully saturated rings. The Morgan fingerprint density at radius 3 is 1.62 bits per heavy atom. The molecular weight excluding hydrogens is 725 g/mol. The van der Waals surface area contributed by atoms with Gasteiger partial charge in [-0.25, -0.2) is 0 Å². The van der Waals surface area contributed by atoms with Crippen LogP contribution in [0.15, 0.2) is 206 Å². The monoisotopic (exact) mass is 758 g/mol. The molecule has 0 spiro atoms. The molecule has 272 valence electrons. The summed E-state index contributed by atoms with van der Waals surface area (Å²) in [5.74, 6) is 0. The van der Waals surface area contributed by atoms with Gasteiger partial charge in [0.25, 0.3) is 0 Å². The van der Waals surface area contributed by atoms with Gasteiger partial charge in [0, 0.05) is 70.5 Å².